The Hall–Kier alpha value is -2.19. The molecule has 0 atom stereocenters. The topological polar surface area (TPSA) is 12.9 Å². The molecule has 0 aliphatic carbocycles. The minimum Gasteiger partial charge on any atom is -0.255 e. The van der Waals surface area contributed by atoms with Crippen LogP contribution in [-0.4, -0.2) is 4.98 Å². The quantitative estimate of drug-likeness (QED) is 0.378. The van der Waals surface area contributed by atoms with Crippen molar-refractivity contribution in [2.24, 2.45) is 0 Å². The second-order valence-corrected chi connectivity index (χ2v) is 8.32. The Kier molecular flexibility index (Phi) is 4.09. The fraction of sp³-hybridized carbons (Fsp3) is 0.261. The van der Waals surface area contributed by atoms with Gasteiger partial charge in [-0.2, -0.15) is 0 Å². The van der Waals surface area contributed by atoms with Crippen molar-refractivity contribution in [2.45, 2.75) is 39.5 Å². The minimum absolute atomic E-state index is 0.522. The van der Waals surface area contributed by atoms with Crippen LogP contribution in [0, 0.1) is 0 Å². The summed E-state index contributed by atoms with van der Waals surface area (Å²) in [6.45, 7) is 9.01. The fourth-order valence-electron chi connectivity index (χ4n) is 3.45. The van der Waals surface area contributed by atoms with Gasteiger partial charge in [-0.25, -0.2) is 0 Å². The Morgan fingerprint density at radius 3 is 2.32 bits per heavy atom. The van der Waals surface area contributed by atoms with Gasteiger partial charge in [0.05, 0.1) is 10.4 Å². The van der Waals surface area contributed by atoms with E-state index in [4.69, 9.17) is 4.98 Å². The second kappa shape index (κ2) is 6.27. The van der Waals surface area contributed by atoms with Crippen molar-refractivity contribution in [1.82, 2.24) is 4.98 Å². The molecule has 0 fully saturated rings. The van der Waals surface area contributed by atoms with E-state index in [1.54, 1.807) is 0 Å². The number of hydrogen-bond acceptors (Lipinski definition) is 2. The van der Waals surface area contributed by atoms with Crippen LogP contribution in [0.25, 0.3) is 31.4 Å². The summed E-state index contributed by atoms with van der Waals surface area (Å²) in [4.78, 5) is 4.76. The van der Waals surface area contributed by atoms with Crippen molar-refractivity contribution in [1.29, 1.82) is 0 Å². The molecule has 2 aromatic heterocycles. The van der Waals surface area contributed by atoms with Crippen LogP contribution in [0.5, 0.6) is 0 Å². The standard InChI is InChI=1S/C23H23NS/c1-14(2)16-7-5-8-17(13-16)21-23-20(11-12-24-21)19-10-6-9-18(15(3)4)22(19)25-23/h5-15H,1-4H3. The molecule has 1 nitrogen and oxygen atoms in total. The molecule has 0 amide bonds. The van der Waals surface area contributed by atoms with Crippen LogP contribution < -0.4 is 0 Å². The molecule has 2 heteroatoms. The van der Waals surface area contributed by atoms with Gasteiger partial charge in [0.15, 0.2) is 0 Å². The van der Waals surface area contributed by atoms with Crippen molar-refractivity contribution >= 4 is 31.5 Å². The maximum absolute atomic E-state index is 4.76. The molecule has 0 saturated heterocycles. The van der Waals surface area contributed by atoms with Crippen LogP contribution in [-0.2, 0) is 0 Å². The Bertz CT molecular complexity index is 1060. The molecule has 0 spiro atoms. The molecule has 0 radical (unpaired) electrons. The predicted octanol–water partition coefficient (Wildman–Crippen LogP) is 7.36. The molecule has 0 unspecified atom stereocenters. The van der Waals surface area contributed by atoms with E-state index in [9.17, 15) is 0 Å². The van der Waals surface area contributed by atoms with Crippen LogP contribution in [0.3, 0.4) is 0 Å². The van der Waals surface area contributed by atoms with Gasteiger partial charge in [-0.3, -0.25) is 4.98 Å². The summed E-state index contributed by atoms with van der Waals surface area (Å²) in [5, 5.41) is 2.68. The first-order valence-electron chi connectivity index (χ1n) is 8.96. The van der Waals surface area contributed by atoms with E-state index in [0.717, 1.165) is 5.69 Å². The molecule has 0 bridgehead atoms. The van der Waals surface area contributed by atoms with E-state index in [2.05, 4.69) is 76.2 Å². The summed E-state index contributed by atoms with van der Waals surface area (Å²) in [5.41, 5.74) is 5.12. The van der Waals surface area contributed by atoms with E-state index < -0.39 is 0 Å². The summed E-state index contributed by atoms with van der Waals surface area (Å²) in [5.74, 6) is 1.05. The summed E-state index contributed by atoms with van der Waals surface area (Å²) in [6, 6.07) is 17.7. The molecule has 4 rings (SSSR count). The highest BCUT2D eigenvalue weighted by atomic mass is 32.1. The van der Waals surface area contributed by atoms with E-state index in [1.165, 1.54) is 36.9 Å². The molecule has 4 aromatic rings. The van der Waals surface area contributed by atoms with Crippen molar-refractivity contribution in [3.05, 3.63) is 65.9 Å². The fourth-order valence-corrected chi connectivity index (χ4v) is 4.92. The van der Waals surface area contributed by atoms with E-state index >= 15 is 0 Å². The van der Waals surface area contributed by atoms with Gasteiger partial charge in [0, 0.05) is 27.2 Å². The molecule has 0 saturated carbocycles. The number of aromatic nitrogens is 1. The minimum atomic E-state index is 0.522. The largest absolute Gasteiger partial charge is 0.255 e. The van der Waals surface area contributed by atoms with Crippen LogP contribution in [0.4, 0.5) is 0 Å². The lowest BCUT2D eigenvalue weighted by molar-refractivity contribution is 0.867. The average Bonchev–Trinajstić information content (AvgIpc) is 3.00. The second-order valence-electron chi connectivity index (χ2n) is 7.30. The number of thiophene rings is 1. The summed E-state index contributed by atoms with van der Waals surface area (Å²) < 4.78 is 2.70. The first-order chi connectivity index (χ1) is 12.1. The Balaban J connectivity index is 2.01. The Morgan fingerprint density at radius 1 is 0.800 bits per heavy atom. The highest BCUT2D eigenvalue weighted by Gasteiger charge is 2.15. The van der Waals surface area contributed by atoms with Gasteiger partial charge in [0.1, 0.15) is 0 Å². The van der Waals surface area contributed by atoms with Gasteiger partial charge in [-0.1, -0.05) is 64.1 Å². The van der Waals surface area contributed by atoms with Gasteiger partial charge in [0.25, 0.3) is 0 Å². The molecule has 0 aliphatic rings. The number of nitrogens with zero attached hydrogens (tertiary/aromatic N) is 1. The van der Waals surface area contributed by atoms with E-state index in [0.29, 0.717) is 11.8 Å². The number of fused-ring (bicyclic) bond motifs is 3. The number of pyridine rings is 1. The molecule has 126 valence electrons. The summed E-state index contributed by atoms with van der Waals surface area (Å²) >= 11 is 1.89. The lowest BCUT2D eigenvalue weighted by Crippen LogP contribution is -1.89. The molecule has 2 heterocycles. The highest BCUT2D eigenvalue weighted by Crippen LogP contribution is 2.41. The third-order valence-corrected chi connectivity index (χ3v) is 6.17. The zero-order chi connectivity index (χ0) is 17.6. The molecule has 25 heavy (non-hydrogen) atoms. The molecular weight excluding hydrogens is 322 g/mol. The van der Waals surface area contributed by atoms with Gasteiger partial charge < -0.3 is 0 Å². The zero-order valence-electron chi connectivity index (χ0n) is 15.2. The lowest BCUT2D eigenvalue weighted by atomic mass is 9.98. The van der Waals surface area contributed by atoms with Gasteiger partial charge in [-0.15, -0.1) is 11.3 Å². The first-order valence-corrected chi connectivity index (χ1v) is 9.78. The molecule has 0 N–H and O–H groups in total. The normalized spacial score (nSPS) is 11.9. The Labute approximate surface area is 153 Å². The molecule has 0 aliphatic heterocycles. The highest BCUT2D eigenvalue weighted by molar-refractivity contribution is 7.26. The van der Waals surface area contributed by atoms with Crippen LogP contribution in [0.1, 0.15) is 50.7 Å². The monoisotopic (exact) mass is 345 g/mol. The van der Waals surface area contributed by atoms with Crippen molar-refractivity contribution in [2.75, 3.05) is 0 Å². The number of rotatable bonds is 3. The predicted molar refractivity (Wildman–Crippen MR) is 111 cm³/mol. The zero-order valence-corrected chi connectivity index (χ0v) is 16.0. The average molecular weight is 346 g/mol. The number of hydrogen-bond donors (Lipinski definition) is 0. The SMILES string of the molecule is CC(C)c1cccc(-c2nccc3c2sc2c(C(C)C)cccc23)c1. The van der Waals surface area contributed by atoms with Gasteiger partial charge in [-0.05, 0) is 35.1 Å². The maximum atomic E-state index is 4.76. The smallest absolute Gasteiger partial charge is 0.0880 e. The lowest BCUT2D eigenvalue weighted by Gasteiger charge is -2.08. The van der Waals surface area contributed by atoms with E-state index in [1.807, 2.05) is 17.5 Å². The molecule has 2 aromatic carbocycles. The summed E-state index contributed by atoms with van der Waals surface area (Å²) in [7, 11) is 0. The van der Waals surface area contributed by atoms with Gasteiger partial charge >= 0.3 is 0 Å². The maximum Gasteiger partial charge on any atom is 0.0880 e. The number of benzene rings is 2. The Morgan fingerprint density at radius 2 is 1.56 bits per heavy atom. The third-order valence-electron chi connectivity index (χ3n) is 4.89. The summed E-state index contributed by atoms with van der Waals surface area (Å²) in [6.07, 6.45) is 1.95. The van der Waals surface area contributed by atoms with Crippen molar-refractivity contribution < 1.29 is 0 Å². The van der Waals surface area contributed by atoms with Crippen molar-refractivity contribution in [3.63, 3.8) is 0 Å². The van der Waals surface area contributed by atoms with E-state index in [-0.39, 0.29) is 0 Å². The first kappa shape index (κ1) is 16.3. The van der Waals surface area contributed by atoms with Crippen LogP contribution >= 0.6 is 11.3 Å². The third kappa shape index (κ3) is 2.75. The van der Waals surface area contributed by atoms with Gasteiger partial charge in [0.2, 0.25) is 0 Å². The van der Waals surface area contributed by atoms with Crippen molar-refractivity contribution in [3.8, 4) is 11.3 Å². The molecular formula is C23H23NS. The van der Waals surface area contributed by atoms with Crippen LogP contribution in [0.2, 0.25) is 0 Å². The van der Waals surface area contributed by atoms with Crippen LogP contribution in [0.15, 0.2) is 54.7 Å².